The Bertz CT molecular complexity index is 74.9. The summed E-state index contributed by atoms with van der Waals surface area (Å²) in [6.07, 6.45) is 3.77. The van der Waals surface area contributed by atoms with E-state index in [-0.39, 0.29) is 0 Å². The number of rotatable bonds is 3. The monoisotopic (exact) mass is 226 g/mol. The number of epoxide rings is 1. The average molecular weight is 226 g/mol. The van der Waals surface area contributed by atoms with Crippen molar-refractivity contribution in [1.82, 2.24) is 0 Å². The Morgan fingerprint density at radius 1 is 1.62 bits per heavy atom. The van der Waals surface area contributed by atoms with E-state index in [0.29, 0.717) is 12.2 Å². The van der Waals surface area contributed by atoms with Crippen molar-refractivity contribution in [2.75, 3.05) is 4.43 Å². The van der Waals surface area contributed by atoms with E-state index in [0.717, 1.165) is 0 Å². The third kappa shape index (κ3) is 1.90. The van der Waals surface area contributed by atoms with E-state index in [1.807, 2.05) is 0 Å². The summed E-state index contributed by atoms with van der Waals surface area (Å²) >= 11 is 2.40. The number of hydrogen-bond donors (Lipinski definition) is 0. The van der Waals surface area contributed by atoms with Crippen LogP contribution < -0.4 is 0 Å². The summed E-state index contributed by atoms with van der Waals surface area (Å²) < 4.78 is 6.48. The first-order valence-corrected chi connectivity index (χ1v) is 4.58. The number of alkyl halides is 1. The lowest BCUT2D eigenvalue weighted by Gasteiger charge is -1.86. The van der Waals surface area contributed by atoms with Crippen molar-refractivity contribution in [3.63, 3.8) is 0 Å². The van der Waals surface area contributed by atoms with Gasteiger partial charge in [0, 0.05) is 0 Å². The van der Waals surface area contributed by atoms with E-state index in [1.165, 1.54) is 17.3 Å². The zero-order valence-corrected chi connectivity index (χ0v) is 7.22. The van der Waals surface area contributed by atoms with Gasteiger partial charge in [-0.05, 0) is 24.2 Å². The zero-order chi connectivity index (χ0) is 5.98. The van der Waals surface area contributed by atoms with Crippen LogP contribution in [-0.4, -0.2) is 16.6 Å². The van der Waals surface area contributed by atoms with Crippen LogP contribution in [0.3, 0.4) is 0 Å². The topological polar surface area (TPSA) is 12.5 Å². The predicted octanol–water partition coefficient (Wildman–Crippen LogP) is 1.99. The fourth-order valence-corrected chi connectivity index (χ4v) is 1.25. The lowest BCUT2D eigenvalue weighted by molar-refractivity contribution is 0.370. The number of hydrogen-bond acceptors (Lipinski definition) is 1. The lowest BCUT2D eigenvalue weighted by atomic mass is 10.2. The standard InChI is InChI=1S/C6H11IO/c1-5-6(8-5)3-2-4-7/h5-6H,2-4H2,1H3. The molecule has 1 rings (SSSR count). The second-order valence-electron chi connectivity index (χ2n) is 2.21. The SMILES string of the molecule is CC1OC1CCCI. The maximum absolute atomic E-state index is 5.22. The fraction of sp³-hybridized carbons (Fsp3) is 1.00. The third-order valence-electron chi connectivity index (χ3n) is 1.46. The van der Waals surface area contributed by atoms with Crippen molar-refractivity contribution < 1.29 is 4.74 Å². The quantitative estimate of drug-likeness (QED) is 0.407. The highest BCUT2D eigenvalue weighted by Crippen LogP contribution is 2.25. The van der Waals surface area contributed by atoms with Gasteiger partial charge in [0.1, 0.15) is 0 Å². The van der Waals surface area contributed by atoms with Gasteiger partial charge in [-0.2, -0.15) is 0 Å². The Hall–Kier alpha value is 0.690. The molecule has 0 saturated carbocycles. The van der Waals surface area contributed by atoms with Crippen LogP contribution in [0.2, 0.25) is 0 Å². The second-order valence-corrected chi connectivity index (χ2v) is 3.29. The molecule has 48 valence electrons. The van der Waals surface area contributed by atoms with Gasteiger partial charge in [0.15, 0.2) is 0 Å². The van der Waals surface area contributed by atoms with Crippen LogP contribution in [-0.2, 0) is 4.74 Å². The predicted molar refractivity (Wildman–Crippen MR) is 42.5 cm³/mol. The molecular weight excluding hydrogens is 215 g/mol. The molecule has 2 unspecified atom stereocenters. The Kier molecular flexibility index (Phi) is 2.56. The maximum Gasteiger partial charge on any atom is 0.0839 e. The van der Waals surface area contributed by atoms with Crippen molar-refractivity contribution in [2.24, 2.45) is 0 Å². The summed E-state index contributed by atoms with van der Waals surface area (Å²) in [6, 6.07) is 0. The van der Waals surface area contributed by atoms with Gasteiger partial charge in [0.05, 0.1) is 12.2 Å². The molecular formula is C6H11IO. The molecule has 1 nitrogen and oxygen atoms in total. The molecule has 0 N–H and O–H groups in total. The summed E-state index contributed by atoms with van der Waals surface area (Å²) in [5, 5.41) is 0. The molecule has 0 aliphatic carbocycles. The third-order valence-corrected chi connectivity index (χ3v) is 2.22. The molecule has 0 bridgehead atoms. The Balaban J connectivity index is 1.89. The van der Waals surface area contributed by atoms with E-state index in [1.54, 1.807) is 0 Å². The first-order chi connectivity index (χ1) is 3.84. The van der Waals surface area contributed by atoms with Gasteiger partial charge in [-0.25, -0.2) is 0 Å². The summed E-state index contributed by atoms with van der Waals surface area (Å²) in [4.78, 5) is 0. The first kappa shape index (κ1) is 6.81. The minimum atomic E-state index is 0.568. The van der Waals surface area contributed by atoms with E-state index in [2.05, 4.69) is 29.5 Å². The van der Waals surface area contributed by atoms with E-state index >= 15 is 0 Å². The first-order valence-electron chi connectivity index (χ1n) is 3.06. The second kappa shape index (κ2) is 3.01. The van der Waals surface area contributed by atoms with E-state index in [9.17, 15) is 0 Å². The smallest absolute Gasteiger partial charge is 0.0839 e. The van der Waals surface area contributed by atoms with Crippen LogP contribution in [0.25, 0.3) is 0 Å². The molecule has 0 aromatic carbocycles. The largest absolute Gasteiger partial charge is 0.370 e. The molecule has 1 saturated heterocycles. The number of ether oxygens (including phenoxy) is 1. The van der Waals surface area contributed by atoms with Crippen molar-refractivity contribution in [3.8, 4) is 0 Å². The maximum atomic E-state index is 5.22. The molecule has 1 aliphatic rings. The van der Waals surface area contributed by atoms with Gasteiger partial charge in [-0.1, -0.05) is 22.6 Å². The summed E-state index contributed by atoms with van der Waals surface area (Å²) in [5.41, 5.74) is 0. The van der Waals surface area contributed by atoms with Crippen molar-refractivity contribution in [2.45, 2.75) is 32.0 Å². The van der Waals surface area contributed by atoms with Crippen LogP contribution in [0.15, 0.2) is 0 Å². The number of halogens is 1. The highest BCUT2D eigenvalue weighted by molar-refractivity contribution is 14.1. The van der Waals surface area contributed by atoms with Gasteiger partial charge >= 0.3 is 0 Å². The van der Waals surface area contributed by atoms with Crippen molar-refractivity contribution in [1.29, 1.82) is 0 Å². The van der Waals surface area contributed by atoms with Crippen LogP contribution in [0.5, 0.6) is 0 Å². The molecule has 0 aromatic heterocycles. The van der Waals surface area contributed by atoms with E-state index in [4.69, 9.17) is 4.74 Å². The van der Waals surface area contributed by atoms with Gasteiger partial charge in [-0.3, -0.25) is 0 Å². The van der Waals surface area contributed by atoms with Crippen molar-refractivity contribution >= 4 is 22.6 Å². The van der Waals surface area contributed by atoms with Gasteiger partial charge in [0.25, 0.3) is 0 Å². The molecule has 8 heavy (non-hydrogen) atoms. The Morgan fingerprint density at radius 3 is 2.62 bits per heavy atom. The lowest BCUT2D eigenvalue weighted by Crippen LogP contribution is -1.88. The summed E-state index contributed by atoms with van der Waals surface area (Å²) in [5.74, 6) is 0. The molecule has 0 spiro atoms. The molecule has 2 heteroatoms. The molecule has 1 heterocycles. The van der Waals surface area contributed by atoms with Crippen LogP contribution in [0.4, 0.5) is 0 Å². The normalized spacial score (nSPS) is 35.2. The molecule has 1 fully saturated rings. The van der Waals surface area contributed by atoms with Gasteiger partial charge in [0.2, 0.25) is 0 Å². The minimum absolute atomic E-state index is 0.568. The molecule has 2 atom stereocenters. The van der Waals surface area contributed by atoms with Gasteiger partial charge < -0.3 is 4.74 Å². The highest BCUT2D eigenvalue weighted by Gasteiger charge is 2.32. The van der Waals surface area contributed by atoms with E-state index < -0.39 is 0 Å². The molecule has 0 aromatic rings. The van der Waals surface area contributed by atoms with Gasteiger partial charge in [-0.15, -0.1) is 0 Å². The summed E-state index contributed by atoms with van der Waals surface area (Å²) in [6.45, 7) is 2.14. The van der Waals surface area contributed by atoms with Crippen molar-refractivity contribution in [3.05, 3.63) is 0 Å². The highest BCUT2D eigenvalue weighted by atomic mass is 127. The van der Waals surface area contributed by atoms with Crippen LogP contribution in [0.1, 0.15) is 19.8 Å². The average Bonchev–Trinajstić information content (AvgIpc) is 2.42. The Morgan fingerprint density at radius 2 is 2.25 bits per heavy atom. The Labute approximate surface area is 63.9 Å². The summed E-state index contributed by atoms with van der Waals surface area (Å²) in [7, 11) is 0. The molecule has 0 radical (unpaired) electrons. The molecule has 1 aliphatic heterocycles. The van der Waals surface area contributed by atoms with Crippen LogP contribution >= 0.6 is 22.6 Å². The van der Waals surface area contributed by atoms with Crippen LogP contribution in [0, 0.1) is 0 Å². The molecule has 0 amide bonds. The zero-order valence-electron chi connectivity index (χ0n) is 5.06. The minimum Gasteiger partial charge on any atom is -0.370 e. The fourth-order valence-electron chi connectivity index (χ4n) is 0.811.